The van der Waals surface area contributed by atoms with Crippen LogP contribution < -0.4 is 5.32 Å². The summed E-state index contributed by atoms with van der Waals surface area (Å²) < 4.78 is 0. The molecule has 0 aliphatic heterocycles. The molecule has 0 aromatic carbocycles. The Kier molecular flexibility index (Phi) is 4.38. The maximum absolute atomic E-state index is 4.69. The number of nitrogens with zero attached hydrogens (tertiary/aromatic N) is 2. The minimum absolute atomic E-state index is 0.140. The summed E-state index contributed by atoms with van der Waals surface area (Å²) in [7, 11) is 0. The average molecular weight is 295 g/mol. The van der Waals surface area contributed by atoms with Gasteiger partial charge in [0.15, 0.2) is 0 Å². The SMILES string of the molecule is Cc1csc(C(C)NCc2csc(C(C)(C)C)n2)n1. The normalized spacial score (nSPS) is 13.7. The molecule has 104 valence electrons. The predicted octanol–water partition coefficient (Wildman–Crippen LogP) is 4.06. The van der Waals surface area contributed by atoms with Gasteiger partial charge in [-0.15, -0.1) is 22.7 Å². The van der Waals surface area contributed by atoms with Gasteiger partial charge in [-0.3, -0.25) is 0 Å². The second-order valence-electron chi connectivity index (χ2n) is 5.82. The second kappa shape index (κ2) is 5.69. The smallest absolute Gasteiger partial charge is 0.110 e. The van der Waals surface area contributed by atoms with E-state index in [9.17, 15) is 0 Å². The molecule has 2 rings (SSSR count). The lowest BCUT2D eigenvalue weighted by Crippen LogP contribution is -2.18. The summed E-state index contributed by atoms with van der Waals surface area (Å²) in [4.78, 5) is 9.20. The third-order valence-corrected chi connectivity index (χ3v) is 5.25. The number of thiazole rings is 2. The van der Waals surface area contributed by atoms with Crippen LogP contribution in [0.5, 0.6) is 0 Å². The van der Waals surface area contributed by atoms with Gasteiger partial charge in [0, 0.05) is 28.4 Å². The molecule has 0 aliphatic carbocycles. The summed E-state index contributed by atoms with van der Waals surface area (Å²) in [5.74, 6) is 0. The van der Waals surface area contributed by atoms with Crippen LogP contribution in [-0.2, 0) is 12.0 Å². The van der Waals surface area contributed by atoms with Gasteiger partial charge in [0.25, 0.3) is 0 Å². The molecule has 5 heteroatoms. The first-order chi connectivity index (χ1) is 8.86. The zero-order valence-corrected chi connectivity index (χ0v) is 13.8. The molecule has 2 aromatic heterocycles. The summed E-state index contributed by atoms with van der Waals surface area (Å²) >= 11 is 3.45. The van der Waals surface area contributed by atoms with Crippen LogP contribution >= 0.6 is 22.7 Å². The summed E-state index contributed by atoms with van der Waals surface area (Å²) in [6, 6.07) is 0.276. The van der Waals surface area contributed by atoms with E-state index in [1.54, 1.807) is 22.7 Å². The number of rotatable bonds is 4. The summed E-state index contributed by atoms with van der Waals surface area (Å²) in [6.07, 6.45) is 0. The van der Waals surface area contributed by atoms with E-state index in [-0.39, 0.29) is 11.5 Å². The molecule has 0 saturated carbocycles. The van der Waals surface area contributed by atoms with E-state index in [2.05, 4.69) is 48.8 Å². The van der Waals surface area contributed by atoms with Crippen molar-refractivity contribution in [1.29, 1.82) is 0 Å². The van der Waals surface area contributed by atoms with E-state index < -0.39 is 0 Å². The van der Waals surface area contributed by atoms with Gasteiger partial charge in [0.2, 0.25) is 0 Å². The van der Waals surface area contributed by atoms with Crippen LogP contribution in [0.4, 0.5) is 0 Å². The van der Waals surface area contributed by atoms with Gasteiger partial charge >= 0.3 is 0 Å². The fourth-order valence-corrected chi connectivity index (χ4v) is 3.38. The molecule has 0 aliphatic rings. The van der Waals surface area contributed by atoms with Crippen LogP contribution in [0.15, 0.2) is 10.8 Å². The van der Waals surface area contributed by atoms with Gasteiger partial charge in [-0.2, -0.15) is 0 Å². The molecule has 0 fully saturated rings. The molecule has 0 bridgehead atoms. The predicted molar refractivity (Wildman–Crippen MR) is 82.9 cm³/mol. The van der Waals surface area contributed by atoms with Gasteiger partial charge in [-0.05, 0) is 13.8 Å². The topological polar surface area (TPSA) is 37.8 Å². The van der Waals surface area contributed by atoms with Crippen LogP contribution in [0.1, 0.15) is 55.1 Å². The van der Waals surface area contributed by atoms with Crippen LogP contribution in [-0.4, -0.2) is 9.97 Å². The molecule has 1 N–H and O–H groups in total. The lowest BCUT2D eigenvalue weighted by atomic mass is 9.98. The Labute approximate surface area is 123 Å². The Morgan fingerprint density at radius 1 is 1.21 bits per heavy atom. The highest BCUT2D eigenvalue weighted by Crippen LogP contribution is 2.26. The molecule has 2 aromatic rings. The summed E-state index contributed by atoms with van der Waals surface area (Å²) in [5.41, 5.74) is 2.36. The van der Waals surface area contributed by atoms with Crippen molar-refractivity contribution >= 4 is 22.7 Å². The van der Waals surface area contributed by atoms with Crippen molar-refractivity contribution in [2.24, 2.45) is 0 Å². The first-order valence-corrected chi connectivity index (χ1v) is 8.22. The Morgan fingerprint density at radius 3 is 2.47 bits per heavy atom. The van der Waals surface area contributed by atoms with Crippen LogP contribution in [0.25, 0.3) is 0 Å². The molecule has 0 saturated heterocycles. The van der Waals surface area contributed by atoms with Crippen LogP contribution in [0, 0.1) is 6.92 Å². The Bertz CT molecular complexity index is 537. The molecule has 1 unspecified atom stereocenters. The van der Waals surface area contributed by atoms with Gasteiger partial charge in [0.1, 0.15) is 5.01 Å². The van der Waals surface area contributed by atoms with E-state index in [1.807, 2.05) is 6.92 Å². The Balaban J connectivity index is 1.94. The highest BCUT2D eigenvalue weighted by atomic mass is 32.1. The number of aromatic nitrogens is 2. The summed E-state index contributed by atoms with van der Waals surface area (Å²) in [5, 5.41) is 10.1. The van der Waals surface area contributed by atoms with E-state index in [1.165, 1.54) is 5.01 Å². The third kappa shape index (κ3) is 3.84. The molecular formula is C14H21N3S2. The van der Waals surface area contributed by atoms with Crippen molar-refractivity contribution in [1.82, 2.24) is 15.3 Å². The number of aryl methyl sites for hydroxylation is 1. The van der Waals surface area contributed by atoms with Gasteiger partial charge in [0.05, 0.1) is 16.7 Å². The summed E-state index contributed by atoms with van der Waals surface area (Å²) in [6.45, 7) is 11.6. The molecular weight excluding hydrogens is 274 g/mol. The minimum atomic E-state index is 0.140. The zero-order chi connectivity index (χ0) is 14.0. The molecule has 2 heterocycles. The van der Waals surface area contributed by atoms with Gasteiger partial charge in [-0.1, -0.05) is 20.8 Å². The van der Waals surface area contributed by atoms with E-state index in [0.717, 1.165) is 22.9 Å². The van der Waals surface area contributed by atoms with Crippen molar-refractivity contribution < 1.29 is 0 Å². The van der Waals surface area contributed by atoms with Crippen molar-refractivity contribution in [3.63, 3.8) is 0 Å². The monoisotopic (exact) mass is 295 g/mol. The van der Waals surface area contributed by atoms with Crippen LogP contribution in [0.3, 0.4) is 0 Å². The van der Waals surface area contributed by atoms with Crippen molar-refractivity contribution in [3.8, 4) is 0 Å². The number of nitrogens with one attached hydrogen (secondary N) is 1. The average Bonchev–Trinajstić information content (AvgIpc) is 2.93. The maximum Gasteiger partial charge on any atom is 0.110 e. The Hall–Kier alpha value is -0.780. The fourth-order valence-electron chi connectivity index (χ4n) is 1.65. The second-order valence-corrected chi connectivity index (χ2v) is 7.57. The third-order valence-electron chi connectivity index (χ3n) is 2.79. The van der Waals surface area contributed by atoms with Crippen molar-refractivity contribution in [2.45, 2.75) is 52.6 Å². The van der Waals surface area contributed by atoms with E-state index in [0.29, 0.717) is 0 Å². The first kappa shape index (κ1) is 14.6. The van der Waals surface area contributed by atoms with Crippen LogP contribution in [0.2, 0.25) is 0 Å². The lowest BCUT2D eigenvalue weighted by Gasteiger charge is -2.14. The fraction of sp³-hybridized carbons (Fsp3) is 0.571. The molecule has 0 amide bonds. The molecule has 0 spiro atoms. The Morgan fingerprint density at radius 2 is 1.95 bits per heavy atom. The van der Waals surface area contributed by atoms with E-state index >= 15 is 0 Å². The number of hydrogen-bond acceptors (Lipinski definition) is 5. The first-order valence-electron chi connectivity index (χ1n) is 6.46. The minimum Gasteiger partial charge on any atom is -0.302 e. The molecule has 0 radical (unpaired) electrons. The quantitative estimate of drug-likeness (QED) is 0.924. The van der Waals surface area contributed by atoms with E-state index in [4.69, 9.17) is 4.98 Å². The van der Waals surface area contributed by atoms with Gasteiger partial charge < -0.3 is 5.32 Å². The number of hydrogen-bond donors (Lipinski definition) is 1. The zero-order valence-electron chi connectivity index (χ0n) is 12.2. The van der Waals surface area contributed by atoms with Crippen molar-refractivity contribution in [2.75, 3.05) is 0 Å². The molecule has 3 nitrogen and oxygen atoms in total. The van der Waals surface area contributed by atoms with Crippen molar-refractivity contribution in [3.05, 3.63) is 32.2 Å². The maximum atomic E-state index is 4.69. The molecule has 1 atom stereocenters. The lowest BCUT2D eigenvalue weighted by molar-refractivity contribution is 0.554. The highest BCUT2D eigenvalue weighted by Gasteiger charge is 2.18. The largest absolute Gasteiger partial charge is 0.302 e. The molecule has 19 heavy (non-hydrogen) atoms. The van der Waals surface area contributed by atoms with Gasteiger partial charge in [-0.25, -0.2) is 9.97 Å². The highest BCUT2D eigenvalue weighted by molar-refractivity contribution is 7.10. The standard InChI is InChI=1S/C14H21N3S2/c1-9-7-18-12(16-9)10(2)15-6-11-8-19-13(17-11)14(3,4)5/h7-8,10,15H,6H2,1-5H3.